The van der Waals surface area contributed by atoms with Gasteiger partial charge < -0.3 is 14.6 Å². The third kappa shape index (κ3) is 2.77. The molecule has 4 atom stereocenters. The quantitative estimate of drug-likeness (QED) is 0.840. The second-order valence-corrected chi connectivity index (χ2v) is 8.54. The van der Waals surface area contributed by atoms with Crippen molar-refractivity contribution in [3.63, 3.8) is 0 Å². The average molecular weight is 406 g/mol. The van der Waals surface area contributed by atoms with Gasteiger partial charge in [-0.15, -0.1) is 0 Å². The van der Waals surface area contributed by atoms with Crippen molar-refractivity contribution in [3.05, 3.63) is 53.2 Å². The van der Waals surface area contributed by atoms with Gasteiger partial charge in [-0.1, -0.05) is 43.2 Å². The number of aromatic nitrogens is 2. The van der Waals surface area contributed by atoms with E-state index in [1.165, 1.54) is 14.2 Å². The number of carbonyl (C=O) groups is 1. The van der Waals surface area contributed by atoms with Gasteiger partial charge in [-0.2, -0.15) is 9.97 Å². The SMILES string of the molecule is COc1nc(OC)c2c(n1)C1=CC(=O)[C@H]3CCCC[C@@H]3[C@H]1C[C@]2(O)c1ccccc1. The summed E-state index contributed by atoms with van der Waals surface area (Å²) in [4.78, 5) is 22.0. The molecule has 1 fully saturated rings. The van der Waals surface area contributed by atoms with E-state index in [0.29, 0.717) is 17.7 Å². The summed E-state index contributed by atoms with van der Waals surface area (Å²) in [7, 11) is 3.03. The normalized spacial score (nSPS) is 29.9. The van der Waals surface area contributed by atoms with Gasteiger partial charge in [0, 0.05) is 5.92 Å². The number of benzene rings is 1. The zero-order valence-electron chi connectivity index (χ0n) is 17.3. The van der Waals surface area contributed by atoms with Crippen molar-refractivity contribution in [1.82, 2.24) is 9.97 Å². The Labute approximate surface area is 176 Å². The highest BCUT2D eigenvalue weighted by Gasteiger charge is 2.52. The Balaban J connectivity index is 1.78. The number of carbonyl (C=O) groups excluding carboxylic acids is 1. The van der Waals surface area contributed by atoms with Gasteiger partial charge in [0.1, 0.15) is 5.60 Å². The predicted octanol–water partition coefficient (Wildman–Crippen LogP) is 3.52. The zero-order valence-corrected chi connectivity index (χ0v) is 17.3. The molecule has 0 aliphatic heterocycles. The molecule has 3 aliphatic carbocycles. The monoisotopic (exact) mass is 406 g/mol. The molecule has 1 aromatic carbocycles. The molecule has 156 valence electrons. The summed E-state index contributed by atoms with van der Waals surface area (Å²) in [6.45, 7) is 0. The Morgan fingerprint density at radius 2 is 1.80 bits per heavy atom. The molecule has 1 saturated carbocycles. The number of fused-ring (bicyclic) bond motifs is 5. The highest BCUT2D eigenvalue weighted by atomic mass is 16.5. The smallest absolute Gasteiger partial charge is 0.320 e. The maximum absolute atomic E-state index is 13.0. The molecular formula is C24H26N2O4. The maximum atomic E-state index is 13.0. The number of hydrogen-bond acceptors (Lipinski definition) is 6. The summed E-state index contributed by atoms with van der Waals surface area (Å²) >= 11 is 0. The van der Waals surface area contributed by atoms with Crippen molar-refractivity contribution in [1.29, 1.82) is 0 Å². The minimum atomic E-state index is -1.31. The maximum Gasteiger partial charge on any atom is 0.320 e. The Morgan fingerprint density at radius 1 is 1.03 bits per heavy atom. The molecule has 30 heavy (non-hydrogen) atoms. The van der Waals surface area contributed by atoms with Gasteiger partial charge >= 0.3 is 6.01 Å². The lowest BCUT2D eigenvalue weighted by atomic mass is 9.58. The van der Waals surface area contributed by atoms with Crippen LogP contribution in [0.4, 0.5) is 0 Å². The number of methoxy groups -OCH3 is 2. The van der Waals surface area contributed by atoms with Crippen LogP contribution in [0.2, 0.25) is 0 Å². The standard InChI is InChI=1S/C24H26N2O4/c1-29-22-20-21(25-23(26-22)30-2)17-12-19(27)16-11-7-6-10-15(16)18(17)13-24(20,28)14-8-4-3-5-9-14/h3-5,8-9,12,15-16,18,28H,6-7,10-11,13H2,1-2H3/t15-,16-,18+,24-/m0/s1. The molecule has 0 saturated heterocycles. The van der Waals surface area contributed by atoms with Crippen molar-refractivity contribution in [2.45, 2.75) is 37.7 Å². The predicted molar refractivity (Wildman–Crippen MR) is 111 cm³/mol. The molecular weight excluding hydrogens is 380 g/mol. The molecule has 1 aromatic heterocycles. The van der Waals surface area contributed by atoms with E-state index < -0.39 is 5.60 Å². The van der Waals surface area contributed by atoms with Crippen LogP contribution in [-0.2, 0) is 10.4 Å². The first-order valence-electron chi connectivity index (χ1n) is 10.6. The van der Waals surface area contributed by atoms with Gasteiger partial charge in [-0.05, 0) is 48.3 Å². The molecule has 0 spiro atoms. The lowest BCUT2D eigenvalue weighted by Crippen LogP contribution is -2.44. The second kappa shape index (κ2) is 7.20. The van der Waals surface area contributed by atoms with E-state index in [0.717, 1.165) is 36.8 Å². The summed E-state index contributed by atoms with van der Waals surface area (Å²) in [5.41, 5.74) is 1.44. The number of nitrogens with zero attached hydrogens (tertiary/aromatic N) is 2. The van der Waals surface area contributed by atoms with Gasteiger partial charge in [0.2, 0.25) is 5.88 Å². The lowest BCUT2D eigenvalue weighted by Gasteiger charge is -2.47. The highest BCUT2D eigenvalue weighted by Crippen LogP contribution is 2.56. The van der Waals surface area contributed by atoms with Crippen molar-refractivity contribution in [3.8, 4) is 11.9 Å². The molecule has 6 heteroatoms. The van der Waals surface area contributed by atoms with E-state index in [9.17, 15) is 9.90 Å². The summed E-state index contributed by atoms with van der Waals surface area (Å²) < 4.78 is 10.9. The van der Waals surface area contributed by atoms with Crippen molar-refractivity contribution < 1.29 is 19.4 Å². The van der Waals surface area contributed by atoms with Crippen molar-refractivity contribution >= 4 is 11.4 Å². The first-order valence-corrected chi connectivity index (χ1v) is 10.6. The molecule has 6 nitrogen and oxygen atoms in total. The van der Waals surface area contributed by atoms with Crippen LogP contribution in [0.1, 0.15) is 48.9 Å². The summed E-state index contributed by atoms with van der Waals surface area (Å²) in [5.74, 6) is 0.774. The Bertz CT molecular complexity index is 1020. The topological polar surface area (TPSA) is 81.5 Å². The van der Waals surface area contributed by atoms with Gasteiger partial charge in [0.05, 0.1) is 25.5 Å². The molecule has 0 amide bonds. The van der Waals surface area contributed by atoms with Crippen LogP contribution >= 0.6 is 0 Å². The van der Waals surface area contributed by atoms with Crippen LogP contribution in [-0.4, -0.2) is 35.1 Å². The molecule has 0 bridgehead atoms. The first kappa shape index (κ1) is 19.2. The van der Waals surface area contributed by atoms with Gasteiger partial charge in [0.15, 0.2) is 5.78 Å². The number of rotatable bonds is 3. The van der Waals surface area contributed by atoms with E-state index in [1.54, 1.807) is 6.08 Å². The van der Waals surface area contributed by atoms with E-state index in [2.05, 4.69) is 9.97 Å². The van der Waals surface area contributed by atoms with Gasteiger partial charge in [-0.3, -0.25) is 4.79 Å². The van der Waals surface area contributed by atoms with Gasteiger partial charge in [0.25, 0.3) is 0 Å². The van der Waals surface area contributed by atoms with Crippen LogP contribution in [0.25, 0.3) is 5.57 Å². The highest BCUT2D eigenvalue weighted by molar-refractivity contribution is 6.01. The molecule has 1 heterocycles. The molecule has 3 aliphatic rings. The summed E-state index contributed by atoms with van der Waals surface area (Å²) in [6, 6.07) is 9.79. The number of hydrogen-bond donors (Lipinski definition) is 1. The minimum Gasteiger partial charge on any atom is -0.481 e. The van der Waals surface area contributed by atoms with E-state index in [-0.39, 0.29) is 35.4 Å². The third-order valence-electron chi connectivity index (χ3n) is 7.08. The third-order valence-corrected chi connectivity index (χ3v) is 7.08. The van der Waals surface area contributed by atoms with Crippen LogP contribution in [0, 0.1) is 17.8 Å². The number of ether oxygens (including phenoxy) is 2. The minimum absolute atomic E-state index is 0.0414. The summed E-state index contributed by atoms with van der Waals surface area (Å²) in [5, 5.41) is 12.2. The molecule has 1 N–H and O–H groups in total. The van der Waals surface area contributed by atoms with E-state index >= 15 is 0 Å². The van der Waals surface area contributed by atoms with E-state index in [1.807, 2.05) is 30.3 Å². The fourth-order valence-corrected chi connectivity index (χ4v) is 5.74. The van der Waals surface area contributed by atoms with Crippen LogP contribution in [0.3, 0.4) is 0 Å². The number of aliphatic hydroxyl groups is 1. The molecule has 0 unspecified atom stereocenters. The van der Waals surface area contributed by atoms with Crippen LogP contribution in [0.15, 0.2) is 36.4 Å². The van der Waals surface area contributed by atoms with Crippen LogP contribution in [0.5, 0.6) is 11.9 Å². The summed E-state index contributed by atoms with van der Waals surface area (Å²) in [6.07, 6.45) is 6.37. The fraction of sp³-hybridized carbons (Fsp3) is 0.458. The Kier molecular flexibility index (Phi) is 4.62. The van der Waals surface area contributed by atoms with Gasteiger partial charge in [-0.25, -0.2) is 0 Å². The Hall–Kier alpha value is -2.73. The molecule has 5 rings (SSSR count). The molecule has 2 aromatic rings. The Morgan fingerprint density at radius 3 is 2.53 bits per heavy atom. The molecule has 0 radical (unpaired) electrons. The second-order valence-electron chi connectivity index (χ2n) is 8.54. The largest absolute Gasteiger partial charge is 0.481 e. The fourth-order valence-electron chi connectivity index (χ4n) is 5.74. The number of allylic oxidation sites excluding steroid dienone is 2. The average Bonchev–Trinajstić information content (AvgIpc) is 2.80. The zero-order chi connectivity index (χ0) is 20.9. The van der Waals surface area contributed by atoms with Crippen molar-refractivity contribution in [2.75, 3.05) is 14.2 Å². The van der Waals surface area contributed by atoms with E-state index in [4.69, 9.17) is 9.47 Å². The number of ketones is 1. The van der Waals surface area contributed by atoms with Crippen LogP contribution < -0.4 is 9.47 Å². The lowest BCUT2D eigenvalue weighted by molar-refractivity contribution is -0.122. The van der Waals surface area contributed by atoms with Crippen molar-refractivity contribution in [2.24, 2.45) is 17.8 Å². The first-order chi connectivity index (χ1) is 14.6.